The summed E-state index contributed by atoms with van der Waals surface area (Å²) in [6.07, 6.45) is 20.0. The van der Waals surface area contributed by atoms with Gasteiger partial charge >= 0.3 is 5.97 Å². The molecule has 0 atom stereocenters. The molecule has 3 heteroatoms. The van der Waals surface area contributed by atoms with Crippen molar-refractivity contribution in [3.63, 3.8) is 0 Å². The topological polar surface area (TPSA) is 54.4 Å². The van der Waals surface area contributed by atoms with Crippen LogP contribution in [0.3, 0.4) is 0 Å². The van der Waals surface area contributed by atoms with Gasteiger partial charge in [-0.3, -0.25) is 9.59 Å². The van der Waals surface area contributed by atoms with Gasteiger partial charge in [0.2, 0.25) is 0 Å². The Morgan fingerprint density at radius 1 is 0.714 bits per heavy atom. The molecular formula is C25H38O3. The second kappa shape index (κ2) is 17.2. The number of hydrogen-bond acceptors (Lipinski definition) is 2. The summed E-state index contributed by atoms with van der Waals surface area (Å²) in [6, 6.07) is 10.8. The van der Waals surface area contributed by atoms with Gasteiger partial charge in [-0.15, -0.1) is 0 Å². The molecule has 0 bridgehead atoms. The first-order valence-electron chi connectivity index (χ1n) is 11.1. The Morgan fingerprint density at radius 3 is 1.82 bits per heavy atom. The zero-order chi connectivity index (χ0) is 20.3. The molecule has 0 heterocycles. The highest BCUT2D eigenvalue weighted by Crippen LogP contribution is 2.13. The Labute approximate surface area is 171 Å². The standard InChI is InChI=1S/C25H38O3/c26-24(21-22-25(27)28)20-16-11-9-7-5-3-1-2-4-6-8-10-13-17-23-18-14-12-15-19-23/h12,14-16,18-20H,1-11,13,17,21-22H2,(H,27,28). The molecule has 0 saturated carbocycles. The molecule has 0 amide bonds. The molecule has 0 fully saturated rings. The monoisotopic (exact) mass is 386 g/mol. The molecule has 1 aromatic rings. The van der Waals surface area contributed by atoms with E-state index in [0.717, 1.165) is 12.8 Å². The summed E-state index contributed by atoms with van der Waals surface area (Å²) in [6.45, 7) is 0. The van der Waals surface area contributed by atoms with E-state index in [1.54, 1.807) is 6.08 Å². The van der Waals surface area contributed by atoms with Gasteiger partial charge in [0.25, 0.3) is 0 Å². The number of carbonyl (C=O) groups is 2. The number of aliphatic carboxylic acids is 1. The van der Waals surface area contributed by atoms with Crippen LogP contribution in [0.15, 0.2) is 42.5 Å². The normalized spacial score (nSPS) is 11.1. The Balaban J connectivity index is 1.78. The van der Waals surface area contributed by atoms with Crippen molar-refractivity contribution in [1.29, 1.82) is 0 Å². The minimum Gasteiger partial charge on any atom is -0.481 e. The molecule has 0 aliphatic carbocycles. The Hall–Kier alpha value is -1.90. The number of benzene rings is 1. The van der Waals surface area contributed by atoms with Gasteiger partial charge in [0, 0.05) is 6.42 Å². The smallest absolute Gasteiger partial charge is 0.303 e. The highest BCUT2D eigenvalue weighted by Gasteiger charge is 2.01. The van der Waals surface area contributed by atoms with E-state index in [0.29, 0.717) is 0 Å². The second-order valence-electron chi connectivity index (χ2n) is 7.68. The molecule has 0 aliphatic rings. The van der Waals surface area contributed by atoms with Crippen molar-refractivity contribution < 1.29 is 14.7 Å². The summed E-state index contributed by atoms with van der Waals surface area (Å²) in [4.78, 5) is 21.8. The number of carboxylic acids is 1. The molecule has 1 rings (SSSR count). The molecule has 0 spiro atoms. The molecule has 156 valence electrons. The molecule has 1 aromatic carbocycles. The fraction of sp³-hybridized carbons (Fsp3) is 0.600. The largest absolute Gasteiger partial charge is 0.481 e. The van der Waals surface area contributed by atoms with Crippen LogP contribution in [-0.2, 0) is 16.0 Å². The highest BCUT2D eigenvalue weighted by molar-refractivity contribution is 5.91. The molecule has 28 heavy (non-hydrogen) atoms. The third-order valence-corrected chi connectivity index (χ3v) is 5.07. The first-order valence-corrected chi connectivity index (χ1v) is 11.1. The zero-order valence-electron chi connectivity index (χ0n) is 17.4. The number of ketones is 1. The number of carboxylic acid groups (broad SMARTS) is 1. The van der Waals surface area contributed by atoms with Crippen LogP contribution in [-0.4, -0.2) is 16.9 Å². The van der Waals surface area contributed by atoms with E-state index in [9.17, 15) is 9.59 Å². The molecule has 0 aromatic heterocycles. The highest BCUT2D eigenvalue weighted by atomic mass is 16.4. The van der Waals surface area contributed by atoms with Gasteiger partial charge in [-0.2, -0.15) is 0 Å². The Bertz CT molecular complexity index is 548. The van der Waals surface area contributed by atoms with E-state index in [-0.39, 0.29) is 18.6 Å². The quantitative estimate of drug-likeness (QED) is 0.220. The first kappa shape index (κ1) is 24.1. The average Bonchev–Trinajstić information content (AvgIpc) is 2.70. The van der Waals surface area contributed by atoms with Crippen molar-refractivity contribution in [3.05, 3.63) is 48.0 Å². The van der Waals surface area contributed by atoms with Crippen LogP contribution in [0, 0.1) is 0 Å². The fourth-order valence-electron chi connectivity index (χ4n) is 3.36. The van der Waals surface area contributed by atoms with Crippen molar-refractivity contribution in [2.24, 2.45) is 0 Å². The maximum atomic E-state index is 11.4. The van der Waals surface area contributed by atoms with Gasteiger partial charge in [0.1, 0.15) is 0 Å². The third kappa shape index (κ3) is 15.2. The molecule has 1 N–H and O–H groups in total. The van der Waals surface area contributed by atoms with Crippen LogP contribution in [0.4, 0.5) is 0 Å². The molecule has 0 radical (unpaired) electrons. The van der Waals surface area contributed by atoms with Crippen LogP contribution >= 0.6 is 0 Å². The minimum absolute atomic E-state index is 0.0726. The summed E-state index contributed by atoms with van der Waals surface area (Å²) in [5, 5.41) is 8.52. The molecular weight excluding hydrogens is 348 g/mol. The number of aryl methyl sites for hydroxylation is 1. The lowest BCUT2D eigenvalue weighted by Crippen LogP contribution is -2.00. The van der Waals surface area contributed by atoms with Gasteiger partial charge in [0.05, 0.1) is 6.42 Å². The van der Waals surface area contributed by atoms with Crippen molar-refractivity contribution in [3.8, 4) is 0 Å². The van der Waals surface area contributed by atoms with E-state index in [4.69, 9.17) is 5.11 Å². The number of unbranched alkanes of at least 4 members (excludes halogenated alkanes) is 11. The summed E-state index contributed by atoms with van der Waals surface area (Å²) in [7, 11) is 0. The predicted octanol–water partition coefficient (Wildman–Crippen LogP) is 6.90. The van der Waals surface area contributed by atoms with Crippen molar-refractivity contribution in [2.75, 3.05) is 0 Å². The lowest BCUT2D eigenvalue weighted by Gasteiger charge is -2.03. The number of carbonyl (C=O) groups excluding carboxylic acids is 1. The number of hydrogen-bond donors (Lipinski definition) is 1. The summed E-state index contributed by atoms with van der Waals surface area (Å²) in [5.74, 6) is -0.993. The fourth-order valence-corrected chi connectivity index (χ4v) is 3.36. The summed E-state index contributed by atoms with van der Waals surface area (Å²) in [5.41, 5.74) is 1.46. The molecule has 0 aliphatic heterocycles. The van der Waals surface area contributed by atoms with Gasteiger partial charge < -0.3 is 5.11 Å². The first-order chi connectivity index (χ1) is 13.7. The number of rotatable bonds is 18. The molecule has 3 nitrogen and oxygen atoms in total. The zero-order valence-corrected chi connectivity index (χ0v) is 17.4. The Morgan fingerprint density at radius 2 is 1.25 bits per heavy atom. The van der Waals surface area contributed by atoms with E-state index in [2.05, 4.69) is 30.3 Å². The maximum absolute atomic E-state index is 11.4. The lowest BCUT2D eigenvalue weighted by molar-refractivity contribution is -0.138. The second-order valence-corrected chi connectivity index (χ2v) is 7.68. The SMILES string of the molecule is O=C(O)CCC(=O)C=CCCCCCCCCCCCCCc1ccccc1. The van der Waals surface area contributed by atoms with E-state index in [1.807, 2.05) is 6.08 Å². The van der Waals surface area contributed by atoms with Crippen LogP contribution in [0.5, 0.6) is 0 Å². The van der Waals surface area contributed by atoms with Crippen LogP contribution in [0.2, 0.25) is 0 Å². The van der Waals surface area contributed by atoms with Gasteiger partial charge in [0.15, 0.2) is 5.78 Å². The van der Waals surface area contributed by atoms with E-state index in [1.165, 1.54) is 76.2 Å². The average molecular weight is 387 g/mol. The van der Waals surface area contributed by atoms with Crippen molar-refractivity contribution in [1.82, 2.24) is 0 Å². The molecule has 0 unspecified atom stereocenters. The van der Waals surface area contributed by atoms with E-state index >= 15 is 0 Å². The lowest BCUT2D eigenvalue weighted by atomic mass is 10.0. The van der Waals surface area contributed by atoms with Crippen molar-refractivity contribution in [2.45, 2.75) is 96.3 Å². The van der Waals surface area contributed by atoms with Gasteiger partial charge in [-0.05, 0) is 37.3 Å². The minimum atomic E-state index is -0.912. The Kier molecular flexibility index (Phi) is 14.8. The van der Waals surface area contributed by atoms with Gasteiger partial charge in [-0.25, -0.2) is 0 Å². The van der Waals surface area contributed by atoms with Crippen LogP contribution in [0.1, 0.15) is 95.5 Å². The van der Waals surface area contributed by atoms with Crippen molar-refractivity contribution >= 4 is 11.8 Å². The van der Waals surface area contributed by atoms with E-state index < -0.39 is 5.97 Å². The van der Waals surface area contributed by atoms with Gasteiger partial charge in [-0.1, -0.05) is 94.2 Å². The predicted molar refractivity (Wildman–Crippen MR) is 117 cm³/mol. The number of allylic oxidation sites excluding steroid dienone is 2. The third-order valence-electron chi connectivity index (χ3n) is 5.07. The van der Waals surface area contributed by atoms with Crippen LogP contribution < -0.4 is 0 Å². The summed E-state index contributed by atoms with van der Waals surface area (Å²) >= 11 is 0. The molecule has 0 saturated heterocycles. The summed E-state index contributed by atoms with van der Waals surface area (Å²) < 4.78 is 0. The maximum Gasteiger partial charge on any atom is 0.303 e. The van der Waals surface area contributed by atoms with Crippen LogP contribution in [0.25, 0.3) is 0 Å².